The van der Waals surface area contributed by atoms with E-state index in [-0.39, 0.29) is 19.0 Å². The zero-order valence-electron chi connectivity index (χ0n) is 17.2. The molecule has 2 rings (SSSR count). The number of halogens is 2. The molecule has 1 amide bonds. The van der Waals surface area contributed by atoms with Gasteiger partial charge in [0.1, 0.15) is 23.5 Å². The third-order valence-corrected chi connectivity index (χ3v) is 4.80. The molecule has 6 nitrogen and oxygen atoms in total. The Morgan fingerprint density at radius 2 is 2.07 bits per heavy atom. The molecule has 2 aromatic rings. The van der Waals surface area contributed by atoms with Gasteiger partial charge in [0.15, 0.2) is 0 Å². The first kappa shape index (κ1) is 22.5. The number of likely N-dealkylation sites (N-methyl/N-ethyl adjacent to an activating group) is 1. The number of carbonyl (C=O) groups is 1. The molecule has 156 valence electrons. The molecule has 0 atom stereocenters. The predicted octanol–water partition coefficient (Wildman–Crippen LogP) is 3.36. The zero-order valence-corrected chi connectivity index (χ0v) is 17.2. The molecule has 0 unspecified atom stereocenters. The molecule has 29 heavy (non-hydrogen) atoms. The molecular formula is C21H26F2N4O2. The van der Waals surface area contributed by atoms with Gasteiger partial charge in [-0.2, -0.15) is 5.26 Å². The van der Waals surface area contributed by atoms with E-state index in [1.807, 2.05) is 18.4 Å². The van der Waals surface area contributed by atoms with E-state index in [1.54, 1.807) is 19.1 Å². The smallest absolute Gasteiger partial charge is 0.239 e. The number of nitrogens with zero attached hydrogens (tertiary/aromatic N) is 3. The lowest BCUT2D eigenvalue weighted by Crippen LogP contribution is -2.31. The van der Waals surface area contributed by atoms with Gasteiger partial charge in [0.2, 0.25) is 5.91 Å². The Bertz CT molecular complexity index is 918. The van der Waals surface area contributed by atoms with Gasteiger partial charge in [0, 0.05) is 44.1 Å². The van der Waals surface area contributed by atoms with Gasteiger partial charge in [-0.15, -0.1) is 0 Å². The number of aromatic nitrogens is 1. The maximum atomic E-state index is 13.8. The van der Waals surface area contributed by atoms with E-state index in [4.69, 9.17) is 4.74 Å². The van der Waals surface area contributed by atoms with Gasteiger partial charge < -0.3 is 14.6 Å². The quantitative estimate of drug-likeness (QED) is 0.651. The molecule has 0 bridgehead atoms. The number of hydrogen-bond acceptors (Lipinski definition) is 4. The van der Waals surface area contributed by atoms with Crippen molar-refractivity contribution in [2.75, 3.05) is 32.6 Å². The molecule has 0 aliphatic rings. The number of ether oxygens (including phenoxy) is 1. The van der Waals surface area contributed by atoms with Crippen LogP contribution in [0.1, 0.15) is 28.8 Å². The summed E-state index contributed by atoms with van der Waals surface area (Å²) in [5.41, 5.74) is 2.46. The molecular weight excluding hydrogens is 378 g/mol. The van der Waals surface area contributed by atoms with Crippen LogP contribution in [0.4, 0.5) is 14.6 Å². The molecule has 0 saturated heterocycles. The molecule has 1 N–H and O–H groups in total. The number of nitrogens with one attached hydrogen (secondary N) is 1. The molecule has 0 fully saturated rings. The van der Waals surface area contributed by atoms with E-state index in [9.17, 15) is 18.8 Å². The van der Waals surface area contributed by atoms with Crippen LogP contribution in [0.15, 0.2) is 18.2 Å². The lowest BCUT2D eigenvalue weighted by molar-refractivity contribution is -0.117. The molecule has 0 spiro atoms. The minimum atomic E-state index is -0.651. The third-order valence-electron chi connectivity index (χ3n) is 4.80. The largest absolute Gasteiger partial charge is 0.385 e. The fourth-order valence-corrected chi connectivity index (χ4v) is 3.19. The van der Waals surface area contributed by atoms with Gasteiger partial charge in [-0.1, -0.05) is 6.07 Å². The Hall–Kier alpha value is -2.76. The van der Waals surface area contributed by atoms with Gasteiger partial charge in [-0.3, -0.25) is 9.69 Å². The number of benzene rings is 1. The summed E-state index contributed by atoms with van der Waals surface area (Å²) in [7, 11) is 3.29. The van der Waals surface area contributed by atoms with Crippen LogP contribution >= 0.6 is 0 Å². The van der Waals surface area contributed by atoms with Crippen molar-refractivity contribution in [1.29, 1.82) is 5.26 Å². The van der Waals surface area contributed by atoms with Gasteiger partial charge in [-0.05, 0) is 38.9 Å². The minimum Gasteiger partial charge on any atom is -0.385 e. The van der Waals surface area contributed by atoms with Crippen LogP contribution in [0.3, 0.4) is 0 Å². The fourth-order valence-electron chi connectivity index (χ4n) is 3.19. The Labute approximate surface area is 169 Å². The number of amides is 1. The molecule has 0 radical (unpaired) electrons. The molecule has 0 aliphatic carbocycles. The van der Waals surface area contributed by atoms with Crippen molar-refractivity contribution >= 4 is 11.7 Å². The van der Waals surface area contributed by atoms with Crippen LogP contribution in [0, 0.1) is 36.8 Å². The SMILES string of the molecule is COCCCn1c(C)c(C)c(C#N)c1NC(=O)CN(C)Cc1ccc(F)cc1F. The second-order valence-electron chi connectivity index (χ2n) is 7.00. The number of methoxy groups -OCH3 is 1. The number of carbonyl (C=O) groups excluding carboxylic acids is 1. The van der Waals surface area contributed by atoms with Crippen molar-refractivity contribution < 1.29 is 18.3 Å². The van der Waals surface area contributed by atoms with E-state index in [2.05, 4.69) is 11.4 Å². The highest BCUT2D eigenvalue weighted by Gasteiger charge is 2.20. The van der Waals surface area contributed by atoms with Crippen LogP contribution < -0.4 is 5.32 Å². The molecule has 0 saturated carbocycles. The molecule has 8 heteroatoms. The van der Waals surface area contributed by atoms with Gasteiger partial charge >= 0.3 is 0 Å². The zero-order chi connectivity index (χ0) is 21.6. The summed E-state index contributed by atoms with van der Waals surface area (Å²) >= 11 is 0. The van der Waals surface area contributed by atoms with Crippen molar-refractivity contribution in [1.82, 2.24) is 9.47 Å². The van der Waals surface area contributed by atoms with E-state index in [0.717, 1.165) is 23.7 Å². The second-order valence-corrected chi connectivity index (χ2v) is 7.00. The first-order chi connectivity index (χ1) is 13.8. The summed E-state index contributed by atoms with van der Waals surface area (Å²) in [4.78, 5) is 14.2. The lowest BCUT2D eigenvalue weighted by Gasteiger charge is -2.18. The summed E-state index contributed by atoms with van der Waals surface area (Å²) in [5.74, 6) is -1.15. The van der Waals surface area contributed by atoms with Gasteiger partial charge in [0.05, 0.1) is 12.1 Å². The first-order valence-corrected chi connectivity index (χ1v) is 9.29. The summed E-state index contributed by atoms with van der Waals surface area (Å²) in [6.07, 6.45) is 0.739. The normalized spacial score (nSPS) is 11.0. The highest BCUT2D eigenvalue weighted by atomic mass is 19.1. The molecule has 1 heterocycles. The van der Waals surface area contributed by atoms with E-state index in [1.165, 1.54) is 12.1 Å². The number of nitriles is 1. The summed E-state index contributed by atoms with van der Waals surface area (Å²) < 4.78 is 33.9. The number of rotatable bonds is 9. The fraction of sp³-hybridized carbons (Fsp3) is 0.429. The van der Waals surface area contributed by atoms with Crippen molar-refractivity contribution in [3.63, 3.8) is 0 Å². The van der Waals surface area contributed by atoms with E-state index >= 15 is 0 Å². The number of anilines is 1. The van der Waals surface area contributed by atoms with Crippen LogP contribution in [-0.2, 0) is 22.6 Å². The summed E-state index contributed by atoms with van der Waals surface area (Å²) in [6, 6.07) is 5.53. The highest BCUT2D eigenvalue weighted by molar-refractivity contribution is 5.93. The average Bonchev–Trinajstić information content (AvgIpc) is 2.88. The standard InChI is InChI=1S/C21H26F2N4O2/c1-14-15(2)27(8-5-9-29-4)21(18(14)11-24)25-20(28)13-26(3)12-16-6-7-17(22)10-19(16)23/h6-7,10H,5,8-9,12-13H2,1-4H3,(H,25,28). The predicted molar refractivity (Wildman–Crippen MR) is 106 cm³/mol. The Balaban J connectivity index is 2.11. The van der Waals surface area contributed by atoms with Crippen molar-refractivity contribution in [2.45, 2.75) is 33.4 Å². The Morgan fingerprint density at radius 3 is 2.69 bits per heavy atom. The van der Waals surface area contributed by atoms with Gasteiger partial charge in [-0.25, -0.2) is 8.78 Å². The number of hydrogen-bond donors (Lipinski definition) is 1. The minimum absolute atomic E-state index is 0.0109. The maximum absolute atomic E-state index is 13.8. The summed E-state index contributed by atoms with van der Waals surface area (Å²) in [5, 5.41) is 12.4. The van der Waals surface area contributed by atoms with Crippen molar-refractivity contribution in [2.24, 2.45) is 0 Å². The third kappa shape index (κ3) is 5.62. The molecule has 0 aliphatic heterocycles. The summed E-state index contributed by atoms with van der Waals surface area (Å²) in [6.45, 7) is 5.06. The van der Waals surface area contributed by atoms with Crippen LogP contribution in [0.2, 0.25) is 0 Å². The molecule has 1 aromatic heterocycles. The first-order valence-electron chi connectivity index (χ1n) is 9.29. The second kappa shape index (κ2) is 10.1. The Kier molecular flexibility index (Phi) is 7.88. The average molecular weight is 404 g/mol. The maximum Gasteiger partial charge on any atom is 0.239 e. The topological polar surface area (TPSA) is 70.3 Å². The van der Waals surface area contributed by atoms with Gasteiger partial charge in [0.25, 0.3) is 0 Å². The van der Waals surface area contributed by atoms with Crippen molar-refractivity contribution in [3.8, 4) is 6.07 Å². The lowest BCUT2D eigenvalue weighted by atomic mass is 10.2. The monoisotopic (exact) mass is 404 g/mol. The van der Waals surface area contributed by atoms with Crippen LogP contribution in [-0.4, -0.2) is 42.7 Å². The Morgan fingerprint density at radius 1 is 1.34 bits per heavy atom. The van der Waals surface area contributed by atoms with Crippen LogP contribution in [0.25, 0.3) is 0 Å². The van der Waals surface area contributed by atoms with Crippen molar-refractivity contribution in [3.05, 3.63) is 52.2 Å². The molecule has 1 aromatic carbocycles. The van der Waals surface area contributed by atoms with E-state index in [0.29, 0.717) is 30.1 Å². The van der Waals surface area contributed by atoms with Crippen LogP contribution in [0.5, 0.6) is 0 Å². The highest BCUT2D eigenvalue weighted by Crippen LogP contribution is 2.26. The van der Waals surface area contributed by atoms with E-state index < -0.39 is 11.6 Å².